The fourth-order valence-corrected chi connectivity index (χ4v) is 1.98. The number of benzene rings is 2. The van der Waals surface area contributed by atoms with Gasteiger partial charge in [0.25, 0.3) is 0 Å². The quantitative estimate of drug-likeness (QED) is 0.473. The molecule has 3 N–H and O–H groups in total. The Morgan fingerprint density at radius 2 is 1.88 bits per heavy atom. The van der Waals surface area contributed by atoms with Gasteiger partial charge in [-0.1, -0.05) is 6.07 Å². The van der Waals surface area contributed by atoms with Crippen LogP contribution >= 0.6 is 12.4 Å². The topological polar surface area (TPSA) is 59.1 Å². The second kappa shape index (κ2) is 4.11. The molecule has 17 heavy (non-hydrogen) atoms. The summed E-state index contributed by atoms with van der Waals surface area (Å²) in [7, 11) is 0. The lowest BCUT2D eigenvalue weighted by atomic mass is 10.0. The molecule has 0 aliphatic rings. The number of halogens is 1. The molecule has 3 nitrogen and oxygen atoms in total. The fraction of sp³-hybridized carbons (Fsp3) is 0. The molecule has 0 atom stereocenters. The van der Waals surface area contributed by atoms with Crippen LogP contribution < -0.4 is 5.73 Å². The van der Waals surface area contributed by atoms with E-state index in [1.807, 2.05) is 24.3 Å². The molecule has 0 spiro atoms. The average molecular weight is 247 g/mol. The van der Waals surface area contributed by atoms with E-state index in [4.69, 9.17) is 5.73 Å². The van der Waals surface area contributed by atoms with Crippen LogP contribution in [0.4, 0.5) is 5.69 Å². The predicted octanol–water partition coefficient (Wildman–Crippen LogP) is 3.10. The Balaban J connectivity index is 0.00000108. The highest BCUT2D eigenvalue weighted by Gasteiger charge is 2.05. The Labute approximate surface area is 104 Å². The Bertz CT molecular complexity index is 697. The summed E-state index contributed by atoms with van der Waals surface area (Å²) in [6.07, 6.45) is 1.74. The zero-order valence-electron chi connectivity index (χ0n) is 8.92. The van der Waals surface area contributed by atoms with Crippen molar-refractivity contribution < 1.29 is 5.11 Å². The third-order valence-corrected chi connectivity index (χ3v) is 2.72. The van der Waals surface area contributed by atoms with E-state index in [1.54, 1.807) is 18.3 Å². The van der Waals surface area contributed by atoms with Gasteiger partial charge in [0.15, 0.2) is 0 Å². The molecule has 0 amide bonds. The van der Waals surface area contributed by atoms with Crippen LogP contribution in [0.5, 0.6) is 5.75 Å². The lowest BCUT2D eigenvalue weighted by molar-refractivity contribution is 0.476. The maximum atomic E-state index is 9.51. The van der Waals surface area contributed by atoms with Crippen molar-refractivity contribution in [2.24, 2.45) is 0 Å². The molecule has 0 radical (unpaired) electrons. The number of anilines is 1. The molecule has 0 aliphatic heterocycles. The van der Waals surface area contributed by atoms with Crippen LogP contribution in [0.2, 0.25) is 0 Å². The van der Waals surface area contributed by atoms with Crippen molar-refractivity contribution >= 4 is 39.8 Å². The Morgan fingerprint density at radius 1 is 1.06 bits per heavy atom. The van der Waals surface area contributed by atoms with Crippen LogP contribution in [0.1, 0.15) is 0 Å². The summed E-state index contributed by atoms with van der Waals surface area (Å²) >= 11 is 0. The highest BCUT2D eigenvalue weighted by molar-refractivity contribution is 6.10. The highest BCUT2D eigenvalue weighted by atomic mass is 35.5. The molecule has 0 aliphatic carbocycles. The minimum Gasteiger partial charge on any atom is -0.508 e. The zero-order chi connectivity index (χ0) is 11.1. The Hall–Kier alpha value is -2.00. The van der Waals surface area contributed by atoms with Crippen LogP contribution in [0, 0.1) is 0 Å². The van der Waals surface area contributed by atoms with Crippen molar-refractivity contribution in [3.05, 3.63) is 42.6 Å². The molecule has 86 valence electrons. The molecule has 2 aromatic carbocycles. The Morgan fingerprint density at radius 3 is 2.71 bits per heavy atom. The van der Waals surface area contributed by atoms with Crippen LogP contribution in [0.15, 0.2) is 42.6 Å². The number of aromatic hydroxyl groups is 1. The first kappa shape index (κ1) is 11.5. The van der Waals surface area contributed by atoms with Crippen molar-refractivity contribution in [3.8, 4) is 5.75 Å². The number of phenolic OH excluding ortho intramolecular Hbond substituents is 1. The summed E-state index contributed by atoms with van der Waals surface area (Å²) in [5.41, 5.74) is 7.53. The molecule has 0 saturated heterocycles. The lowest BCUT2D eigenvalue weighted by Crippen LogP contribution is -1.89. The summed E-state index contributed by atoms with van der Waals surface area (Å²) in [6, 6.07) is 10.9. The highest BCUT2D eigenvalue weighted by Crippen LogP contribution is 2.31. The molecule has 4 heteroatoms. The third-order valence-electron chi connectivity index (χ3n) is 2.72. The number of rotatable bonds is 0. The van der Waals surface area contributed by atoms with Crippen LogP contribution in [-0.4, -0.2) is 10.1 Å². The van der Waals surface area contributed by atoms with Gasteiger partial charge in [-0.3, -0.25) is 4.98 Å². The molecule has 0 saturated carbocycles. The smallest absolute Gasteiger partial charge is 0.116 e. The van der Waals surface area contributed by atoms with Gasteiger partial charge in [0.2, 0.25) is 0 Å². The summed E-state index contributed by atoms with van der Waals surface area (Å²) in [5.74, 6) is 0.227. The first-order valence-corrected chi connectivity index (χ1v) is 5.01. The number of pyridine rings is 1. The molecule has 0 fully saturated rings. The van der Waals surface area contributed by atoms with Gasteiger partial charge in [-0.05, 0) is 30.3 Å². The largest absolute Gasteiger partial charge is 0.508 e. The number of fused-ring (bicyclic) bond motifs is 3. The molecule has 0 unspecified atom stereocenters. The number of hydrogen-bond acceptors (Lipinski definition) is 3. The summed E-state index contributed by atoms with van der Waals surface area (Å²) in [4.78, 5) is 4.32. The van der Waals surface area contributed by atoms with E-state index in [-0.39, 0.29) is 18.2 Å². The fourth-order valence-electron chi connectivity index (χ4n) is 1.98. The number of phenols is 1. The predicted molar refractivity (Wildman–Crippen MR) is 72.6 cm³/mol. The second-order valence-electron chi connectivity index (χ2n) is 3.77. The molecular formula is C13H11ClN2O. The van der Waals surface area contributed by atoms with Gasteiger partial charge < -0.3 is 10.8 Å². The van der Waals surface area contributed by atoms with Crippen LogP contribution in [0.25, 0.3) is 21.7 Å². The van der Waals surface area contributed by atoms with Crippen LogP contribution in [0.3, 0.4) is 0 Å². The maximum Gasteiger partial charge on any atom is 0.116 e. The number of hydrogen-bond donors (Lipinski definition) is 2. The SMILES string of the molecule is Cl.Nc1cc2cccnc2c2cc(O)ccc12. The third kappa shape index (κ3) is 1.74. The average Bonchev–Trinajstić information content (AvgIpc) is 2.29. The normalized spacial score (nSPS) is 10.4. The van der Waals surface area contributed by atoms with Crippen molar-refractivity contribution in [3.63, 3.8) is 0 Å². The van der Waals surface area contributed by atoms with Gasteiger partial charge in [0, 0.05) is 28.0 Å². The van der Waals surface area contributed by atoms with Gasteiger partial charge >= 0.3 is 0 Å². The van der Waals surface area contributed by atoms with Crippen molar-refractivity contribution in [2.75, 3.05) is 5.73 Å². The molecule has 1 aromatic heterocycles. The van der Waals surface area contributed by atoms with E-state index in [0.29, 0.717) is 5.69 Å². The number of aromatic nitrogens is 1. The molecular weight excluding hydrogens is 236 g/mol. The van der Waals surface area contributed by atoms with Gasteiger partial charge in [0.1, 0.15) is 5.75 Å². The molecule has 0 bridgehead atoms. The Kier molecular flexibility index (Phi) is 2.77. The van der Waals surface area contributed by atoms with Gasteiger partial charge in [-0.15, -0.1) is 12.4 Å². The minimum atomic E-state index is 0. The van der Waals surface area contributed by atoms with Gasteiger partial charge in [-0.25, -0.2) is 0 Å². The number of nitrogen functional groups attached to an aromatic ring is 1. The van der Waals surface area contributed by atoms with E-state index in [9.17, 15) is 5.11 Å². The molecule has 3 aromatic rings. The van der Waals surface area contributed by atoms with E-state index in [0.717, 1.165) is 21.7 Å². The minimum absolute atomic E-state index is 0. The lowest BCUT2D eigenvalue weighted by Gasteiger charge is -2.06. The van der Waals surface area contributed by atoms with E-state index in [2.05, 4.69) is 4.98 Å². The van der Waals surface area contributed by atoms with Gasteiger partial charge in [0.05, 0.1) is 5.52 Å². The second-order valence-corrected chi connectivity index (χ2v) is 3.77. The maximum absolute atomic E-state index is 9.51. The van der Waals surface area contributed by atoms with Crippen molar-refractivity contribution in [1.82, 2.24) is 4.98 Å². The monoisotopic (exact) mass is 246 g/mol. The van der Waals surface area contributed by atoms with Crippen LogP contribution in [-0.2, 0) is 0 Å². The molecule has 3 rings (SSSR count). The summed E-state index contributed by atoms with van der Waals surface area (Å²) < 4.78 is 0. The standard InChI is InChI=1S/C13H10N2O.ClH/c14-12-6-8-2-1-5-15-13(8)11-7-9(16)3-4-10(11)12;/h1-7,16H,14H2;1H. The van der Waals surface area contributed by atoms with Crippen molar-refractivity contribution in [2.45, 2.75) is 0 Å². The van der Waals surface area contributed by atoms with Crippen molar-refractivity contribution in [1.29, 1.82) is 0 Å². The summed E-state index contributed by atoms with van der Waals surface area (Å²) in [5, 5.41) is 12.3. The zero-order valence-corrected chi connectivity index (χ0v) is 9.74. The van der Waals surface area contributed by atoms with E-state index >= 15 is 0 Å². The molecule has 1 heterocycles. The summed E-state index contributed by atoms with van der Waals surface area (Å²) in [6.45, 7) is 0. The van der Waals surface area contributed by atoms with E-state index in [1.165, 1.54) is 0 Å². The number of nitrogens with two attached hydrogens (primary N) is 1. The van der Waals surface area contributed by atoms with E-state index < -0.39 is 0 Å². The number of nitrogens with zero attached hydrogens (tertiary/aromatic N) is 1. The van der Waals surface area contributed by atoms with Gasteiger partial charge in [-0.2, -0.15) is 0 Å². The first-order valence-electron chi connectivity index (χ1n) is 5.01. The first-order chi connectivity index (χ1) is 7.75.